The van der Waals surface area contributed by atoms with Gasteiger partial charge in [-0.15, -0.1) is 0 Å². The van der Waals surface area contributed by atoms with Crippen molar-refractivity contribution in [1.29, 1.82) is 0 Å². The van der Waals surface area contributed by atoms with Gasteiger partial charge in [-0.2, -0.15) is 0 Å². The van der Waals surface area contributed by atoms with E-state index in [1.54, 1.807) is 6.08 Å². The van der Waals surface area contributed by atoms with Crippen LogP contribution in [0, 0.1) is 10.8 Å². The summed E-state index contributed by atoms with van der Waals surface area (Å²) in [5.74, 6) is 0. The summed E-state index contributed by atoms with van der Waals surface area (Å²) in [4.78, 5) is 0. The average Bonchev–Trinajstić information content (AvgIpc) is 2.07. The van der Waals surface area contributed by atoms with Crippen molar-refractivity contribution < 1.29 is 10.2 Å². The molecule has 16 heavy (non-hydrogen) atoms. The van der Waals surface area contributed by atoms with Gasteiger partial charge in [0.05, 0.1) is 13.2 Å². The summed E-state index contributed by atoms with van der Waals surface area (Å²) in [6.45, 7) is 12.6. The lowest BCUT2D eigenvalue weighted by Crippen LogP contribution is -2.16. The van der Waals surface area contributed by atoms with Crippen molar-refractivity contribution in [3.05, 3.63) is 23.3 Å². The van der Waals surface area contributed by atoms with Gasteiger partial charge in [-0.1, -0.05) is 53.7 Å². The Balaban J connectivity index is 5.28. The van der Waals surface area contributed by atoms with Crippen LogP contribution in [0.4, 0.5) is 0 Å². The lowest BCUT2D eigenvalue weighted by atomic mass is 9.80. The topological polar surface area (TPSA) is 40.5 Å². The zero-order chi connectivity index (χ0) is 13.0. The molecule has 2 heteroatoms. The molecule has 0 fully saturated rings. The molecule has 0 heterocycles. The number of rotatable bonds is 3. The van der Waals surface area contributed by atoms with Crippen LogP contribution in [-0.2, 0) is 0 Å². The van der Waals surface area contributed by atoms with Crippen LogP contribution in [-0.4, -0.2) is 23.4 Å². The minimum absolute atomic E-state index is 0.0194. The van der Waals surface area contributed by atoms with Gasteiger partial charge < -0.3 is 10.2 Å². The maximum Gasteiger partial charge on any atom is 0.0650 e. The van der Waals surface area contributed by atoms with Crippen LogP contribution < -0.4 is 0 Å². The molecule has 0 aromatic carbocycles. The van der Waals surface area contributed by atoms with E-state index in [4.69, 9.17) is 5.11 Å². The fourth-order valence-corrected chi connectivity index (χ4v) is 1.37. The normalized spacial score (nSPS) is 15.5. The molecule has 0 amide bonds. The van der Waals surface area contributed by atoms with Gasteiger partial charge in [-0.25, -0.2) is 0 Å². The van der Waals surface area contributed by atoms with E-state index in [1.807, 2.05) is 6.08 Å². The van der Waals surface area contributed by atoms with E-state index in [-0.39, 0.29) is 24.0 Å². The first-order valence-electron chi connectivity index (χ1n) is 5.76. The molecule has 0 aliphatic carbocycles. The Morgan fingerprint density at radius 1 is 0.938 bits per heavy atom. The first-order chi connectivity index (χ1) is 7.12. The zero-order valence-electron chi connectivity index (χ0n) is 11.5. The van der Waals surface area contributed by atoms with Crippen molar-refractivity contribution in [2.24, 2.45) is 10.8 Å². The minimum Gasteiger partial charge on any atom is -0.392 e. The van der Waals surface area contributed by atoms with E-state index >= 15 is 0 Å². The Morgan fingerprint density at radius 3 is 1.69 bits per heavy atom. The van der Waals surface area contributed by atoms with Gasteiger partial charge in [0.2, 0.25) is 0 Å². The molecule has 0 bridgehead atoms. The Kier molecular flexibility index (Phi) is 5.43. The van der Waals surface area contributed by atoms with Crippen LogP contribution in [0.25, 0.3) is 0 Å². The Labute approximate surface area is 99.7 Å². The quantitative estimate of drug-likeness (QED) is 0.726. The van der Waals surface area contributed by atoms with Crippen molar-refractivity contribution in [2.75, 3.05) is 13.2 Å². The lowest BCUT2D eigenvalue weighted by molar-refractivity contribution is 0.294. The van der Waals surface area contributed by atoms with Crippen molar-refractivity contribution in [2.45, 2.75) is 41.5 Å². The van der Waals surface area contributed by atoms with Crippen LogP contribution in [0.2, 0.25) is 0 Å². The first-order valence-corrected chi connectivity index (χ1v) is 5.76. The summed E-state index contributed by atoms with van der Waals surface area (Å²) < 4.78 is 0. The summed E-state index contributed by atoms with van der Waals surface area (Å²) in [6.07, 6.45) is 3.82. The molecule has 0 spiro atoms. The molecule has 0 atom stereocenters. The molecule has 0 saturated carbocycles. The summed E-state index contributed by atoms with van der Waals surface area (Å²) in [6, 6.07) is 0. The minimum atomic E-state index is -0.0471. The van der Waals surface area contributed by atoms with Crippen LogP contribution >= 0.6 is 0 Å². The molecule has 0 rings (SSSR count). The van der Waals surface area contributed by atoms with E-state index in [2.05, 4.69) is 41.5 Å². The van der Waals surface area contributed by atoms with Crippen molar-refractivity contribution in [3.8, 4) is 0 Å². The summed E-state index contributed by atoms with van der Waals surface area (Å²) in [5.41, 5.74) is 1.99. The second-order valence-corrected chi connectivity index (χ2v) is 6.17. The molecule has 0 aromatic heterocycles. The summed E-state index contributed by atoms with van der Waals surface area (Å²) in [5, 5.41) is 18.4. The van der Waals surface area contributed by atoms with Gasteiger partial charge in [0.1, 0.15) is 0 Å². The molecule has 0 aliphatic heterocycles. The Hall–Kier alpha value is -0.600. The third kappa shape index (κ3) is 4.95. The third-order valence-corrected chi connectivity index (χ3v) is 2.64. The van der Waals surface area contributed by atoms with E-state index in [0.29, 0.717) is 0 Å². The molecule has 2 nitrogen and oxygen atoms in total. The third-order valence-electron chi connectivity index (χ3n) is 2.64. The molecule has 0 aromatic rings. The van der Waals surface area contributed by atoms with Crippen molar-refractivity contribution in [3.63, 3.8) is 0 Å². The van der Waals surface area contributed by atoms with Crippen LogP contribution in [0.3, 0.4) is 0 Å². The van der Waals surface area contributed by atoms with Crippen LogP contribution in [0.15, 0.2) is 23.3 Å². The van der Waals surface area contributed by atoms with E-state index in [1.165, 1.54) is 0 Å². The standard InChI is InChI=1S/C14H26O2/c1-13(2,3)11(7-8-15)9-12(10-16)14(4,5)6/h7,9,15-16H,8,10H2,1-6H3/b11-7-,12-9+. The van der Waals surface area contributed by atoms with Crippen molar-refractivity contribution in [1.82, 2.24) is 0 Å². The number of aliphatic hydroxyl groups excluding tert-OH is 2. The molecule has 0 unspecified atom stereocenters. The molecule has 0 saturated heterocycles. The fraction of sp³-hybridized carbons (Fsp3) is 0.714. The van der Waals surface area contributed by atoms with Crippen LogP contribution in [0.1, 0.15) is 41.5 Å². The highest BCUT2D eigenvalue weighted by Crippen LogP contribution is 2.32. The lowest BCUT2D eigenvalue weighted by Gasteiger charge is -2.26. The molecule has 2 N–H and O–H groups in total. The average molecular weight is 226 g/mol. The predicted octanol–water partition coefficient (Wildman–Crippen LogP) is 2.92. The SMILES string of the molecule is CC(C)(C)C(=C\CO)/C=C(\CO)C(C)(C)C. The van der Waals surface area contributed by atoms with Crippen LogP contribution in [0.5, 0.6) is 0 Å². The summed E-state index contributed by atoms with van der Waals surface area (Å²) in [7, 11) is 0. The zero-order valence-corrected chi connectivity index (χ0v) is 11.5. The number of hydrogen-bond acceptors (Lipinski definition) is 2. The highest BCUT2D eigenvalue weighted by molar-refractivity contribution is 5.31. The molecular formula is C14H26O2. The molecular weight excluding hydrogens is 200 g/mol. The number of allylic oxidation sites excluding steroid dienone is 2. The molecule has 0 aliphatic rings. The first kappa shape index (κ1) is 15.4. The monoisotopic (exact) mass is 226 g/mol. The largest absolute Gasteiger partial charge is 0.392 e. The van der Waals surface area contributed by atoms with Crippen molar-refractivity contribution >= 4 is 0 Å². The molecule has 94 valence electrons. The van der Waals surface area contributed by atoms with Gasteiger partial charge >= 0.3 is 0 Å². The second-order valence-electron chi connectivity index (χ2n) is 6.17. The second kappa shape index (κ2) is 5.65. The van der Waals surface area contributed by atoms with Gasteiger partial charge in [-0.3, -0.25) is 0 Å². The summed E-state index contributed by atoms with van der Waals surface area (Å²) >= 11 is 0. The Morgan fingerprint density at radius 2 is 1.44 bits per heavy atom. The number of hydrogen-bond donors (Lipinski definition) is 2. The molecule has 0 radical (unpaired) electrons. The van der Waals surface area contributed by atoms with Gasteiger partial charge in [0.25, 0.3) is 0 Å². The highest BCUT2D eigenvalue weighted by atomic mass is 16.3. The maximum absolute atomic E-state index is 9.39. The van der Waals surface area contributed by atoms with Gasteiger partial charge in [-0.05, 0) is 22.0 Å². The number of aliphatic hydroxyl groups is 2. The Bertz CT molecular complexity index is 272. The van der Waals surface area contributed by atoms with E-state index < -0.39 is 0 Å². The van der Waals surface area contributed by atoms with E-state index in [0.717, 1.165) is 11.1 Å². The highest BCUT2D eigenvalue weighted by Gasteiger charge is 2.20. The van der Waals surface area contributed by atoms with Gasteiger partial charge in [0, 0.05) is 0 Å². The maximum atomic E-state index is 9.39. The fourth-order valence-electron chi connectivity index (χ4n) is 1.37. The van der Waals surface area contributed by atoms with E-state index in [9.17, 15) is 5.11 Å². The smallest absolute Gasteiger partial charge is 0.0650 e. The van der Waals surface area contributed by atoms with Gasteiger partial charge in [0.15, 0.2) is 0 Å². The predicted molar refractivity (Wildman–Crippen MR) is 69.2 cm³/mol.